The second-order valence-electron chi connectivity index (χ2n) is 5.26. The minimum Gasteiger partial charge on any atom is -0.370 e. The summed E-state index contributed by atoms with van der Waals surface area (Å²) in [4.78, 5) is 11.0. The second-order valence-corrected chi connectivity index (χ2v) is 5.26. The van der Waals surface area contributed by atoms with Gasteiger partial charge in [-0.1, -0.05) is 20.3 Å². The fourth-order valence-corrected chi connectivity index (χ4v) is 2.56. The maximum atomic E-state index is 5.82. The molecule has 2 heterocycles. The average molecular weight is 263 g/mol. The highest BCUT2D eigenvalue weighted by Gasteiger charge is 2.20. The van der Waals surface area contributed by atoms with Crippen LogP contribution in [0.4, 0.5) is 17.6 Å². The summed E-state index contributed by atoms with van der Waals surface area (Å²) in [5, 5.41) is 3.28. The molecule has 1 atom stereocenters. The van der Waals surface area contributed by atoms with Crippen LogP contribution in [0, 0.1) is 5.92 Å². The summed E-state index contributed by atoms with van der Waals surface area (Å²) < 4.78 is 0. The van der Waals surface area contributed by atoms with Crippen molar-refractivity contribution in [3.8, 4) is 0 Å². The van der Waals surface area contributed by atoms with Crippen molar-refractivity contribution in [3.63, 3.8) is 0 Å². The summed E-state index contributed by atoms with van der Waals surface area (Å²) in [6.45, 7) is 7.46. The summed E-state index contributed by atoms with van der Waals surface area (Å²) in [5.74, 6) is 2.93. The molecule has 1 aliphatic rings. The van der Waals surface area contributed by atoms with Crippen molar-refractivity contribution < 1.29 is 0 Å². The molecule has 3 N–H and O–H groups in total. The maximum Gasteiger partial charge on any atom is 0.223 e. The Labute approximate surface area is 115 Å². The van der Waals surface area contributed by atoms with Crippen LogP contribution < -0.4 is 16.0 Å². The van der Waals surface area contributed by atoms with E-state index < -0.39 is 0 Å². The minimum atomic E-state index is 0.356. The summed E-state index contributed by atoms with van der Waals surface area (Å²) in [6.07, 6.45) is 4.87. The molecule has 1 aliphatic heterocycles. The van der Waals surface area contributed by atoms with Gasteiger partial charge in [0.25, 0.3) is 0 Å². The topological polar surface area (TPSA) is 67.1 Å². The van der Waals surface area contributed by atoms with Gasteiger partial charge in [0, 0.05) is 25.7 Å². The molecule has 1 saturated heterocycles. The first kappa shape index (κ1) is 13.9. The zero-order valence-electron chi connectivity index (χ0n) is 12.0. The van der Waals surface area contributed by atoms with E-state index in [2.05, 4.69) is 34.0 Å². The van der Waals surface area contributed by atoms with Gasteiger partial charge in [-0.05, 0) is 25.2 Å². The van der Waals surface area contributed by atoms with E-state index in [1.807, 2.05) is 6.07 Å². The van der Waals surface area contributed by atoms with Gasteiger partial charge in [0.1, 0.15) is 11.6 Å². The highest BCUT2D eigenvalue weighted by atomic mass is 15.2. The normalized spacial score (nSPS) is 19.5. The zero-order chi connectivity index (χ0) is 13.7. The third-order valence-corrected chi connectivity index (χ3v) is 3.71. The van der Waals surface area contributed by atoms with Crippen molar-refractivity contribution in [1.82, 2.24) is 9.97 Å². The number of rotatable bonds is 5. The molecule has 0 aromatic carbocycles. The first-order chi connectivity index (χ1) is 9.22. The van der Waals surface area contributed by atoms with Crippen molar-refractivity contribution in [1.29, 1.82) is 0 Å². The molecule has 0 spiro atoms. The molecule has 1 aromatic heterocycles. The SMILES string of the molecule is CCCNc1cc(N2CCCC(CC)C2)nc(N)n1. The Hall–Kier alpha value is -1.52. The van der Waals surface area contributed by atoms with Crippen molar-refractivity contribution in [2.75, 3.05) is 35.6 Å². The van der Waals surface area contributed by atoms with Crippen molar-refractivity contribution in [2.24, 2.45) is 5.92 Å². The van der Waals surface area contributed by atoms with Crippen LogP contribution in [0.25, 0.3) is 0 Å². The van der Waals surface area contributed by atoms with Gasteiger partial charge in [-0.25, -0.2) is 0 Å². The molecule has 0 saturated carbocycles. The van der Waals surface area contributed by atoms with E-state index in [1.165, 1.54) is 19.3 Å². The number of hydrogen-bond acceptors (Lipinski definition) is 5. The number of nitrogens with one attached hydrogen (secondary N) is 1. The molecule has 0 aliphatic carbocycles. The van der Waals surface area contributed by atoms with Crippen LogP contribution in [0.5, 0.6) is 0 Å². The Morgan fingerprint density at radius 1 is 1.42 bits per heavy atom. The molecule has 0 amide bonds. The Morgan fingerprint density at radius 2 is 2.26 bits per heavy atom. The molecule has 1 fully saturated rings. The molecule has 0 bridgehead atoms. The van der Waals surface area contributed by atoms with E-state index in [4.69, 9.17) is 5.73 Å². The molecule has 19 heavy (non-hydrogen) atoms. The Balaban J connectivity index is 2.11. The predicted molar refractivity (Wildman–Crippen MR) is 80.5 cm³/mol. The molecule has 5 nitrogen and oxygen atoms in total. The van der Waals surface area contributed by atoms with Crippen molar-refractivity contribution in [3.05, 3.63) is 6.07 Å². The monoisotopic (exact) mass is 263 g/mol. The highest BCUT2D eigenvalue weighted by Crippen LogP contribution is 2.25. The van der Waals surface area contributed by atoms with Crippen molar-refractivity contribution in [2.45, 2.75) is 39.5 Å². The maximum absolute atomic E-state index is 5.82. The van der Waals surface area contributed by atoms with E-state index in [0.717, 1.165) is 43.6 Å². The van der Waals surface area contributed by atoms with Crippen LogP contribution in [0.3, 0.4) is 0 Å². The number of anilines is 3. The van der Waals surface area contributed by atoms with Gasteiger partial charge in [0.2, 0.25) is 5.95 Å². The molecule has 1 aromatic rings. The number of hydrogen-bond donors (Lipinski definition) is 2. The van der Waals surface area contributed by atoms with Gasteiger partial charge in [0.05, 0.1) is 0 Å². The summed E-state index contributed by atoms with van der Waals surface area (Å²) in [5.41, 5.74) is 5.82. The summed E-state index contributed by atoms with van der Waals surface area (Å²) in [7, 11) is 0. The number of nitrogens with zero attached hydrogens (tertiary/aromatic N) is 3. The average Bonchev–Trinajstić information content (AvgIpc) is 2.44. The molecule has 2 rings (SSSR count). The lowest BCUT2D eigenvalue weighted by molar-refractivity contribution is 0.403. The third kappa shape index (κ3) is 3.72. The molecule has 1 unspecified atom stereocenters. The van der Waals surface area contributed by atoms with Crippen molar-refractivity contribution >= 4 is 17.6 Å². The number of aromatic nitrogens is 2. The lowest BCUT2D eigenvalue weighted by atomic mass is 9.96. The van der Waals surface area contributed by atoms with E-state index in [9.17, 15) is 0 Å². The van der Waals surface area contributed by atoms with Crippen LogP contribution in [0.15, 0.2) is 6.07 Å². The van der Waals surface area contributed by atoms with Gasteiger partial charge in [0.15, 0.2) is 0 Å². The van der Waals surface area contributed by atoms with Gasteiger partial charge in [-0.15, -0.1) is 0 Å². The first-order valence-corrected chi connectivity index (χ1v) is 7.36. The van der Waals surface area contributed by atoms with E-state index in [0.29, 0.717) is 5.95 Å². The van der Waals surface area contributed by atoms with E-state index in [-0.39, 0.29) is 0 Å². The van der Waals surface area contributed by atoms with E-state index in [1.54, 1.807) is 0 Å². The zero-order valence-corrected chi connectivity index (χ0v) is 12.0. The van der Waals surface area contributed by atoms with Gasteiger partial charge in [-0.3, -0.25) is 0 Å². The Kier molecular flexibility index (Phi) is 4.82. The third-order valence-electron chi connectivity index (χ3n) is 3.71. The lowest BCUT2D eigenvalue weighted by Crippen LogP contribution is -2.35. The van der Waals surface area contributed by atoms with Crippen LogP contribution in [0.1, 0.15) is 39.5 Å². The molecule has 0 radical (unpaired) electrons. The van der Waals surface area contributed by atoms with E-state index >= 15 is 0 Å². The minimum absolute atomic E-state index is 0.356. The van der Waals surface area contributed by atoms with Crippen LogP contribution in [-0.2, 0) is 0 Å². The first-order valence-electron chi connectivity index (χ1n) is 7.36. The van der Waals surface area contributed by atoms with Crippen LogP contribution in [0.2, 0.25) is 0 Å². The largest absolute Gasteiger partial charge is 0.370 e. The predicted octanol–water partition coefficient (Wildman–Crippen LogP) is 2.51. The Bertz CT molecular complexity index is 407. The number of nitrogens with two attached hydrogens (primary N) is 1. The smallest absolute Gasteiger partial charge is 0.223 e. The van der Waals surface area contributed by atoms with Gasteiger partial charge < -0.3 is 16.0 Å². The van der Waals surface area contributed by atoms with Gasteiger partial charge >= 0.3 is 0 Å². The molecule has 106 valence electrons. The molecular formula is C14H25N5. The fraction of sp³-hybridized carbons (Fsp3) is 0.714. The molecule has 5 heteroatoms. The lowest BCUT2D eigenvalue weighted by Gasteiger charge is -2.33. The summed E-state index contributed by atoms with van der Waals surface area (Å²) in [6, 6.07) is 2.02. The van der Waals surface area contributed by atoms with Crippen LogP contribution in [-0.4, -0.2) is 29.6 Å². The number of nitrogen functional groups attached to an aromatic ring is 1. The quantitative estimate of drug-likeness (QED) is 0.854. The Morgan fingerprint density at radius 3 is 3.00 bits per heavy atom. The summed E-state index contributed by atoms with van der Waals surface area (Å²) >= 11 is 0. The second kappa shape index (κ2) is 6.59. The molecular weight excluding hydrogens is 238 g/mol. The van der Waals surface area contributed by atoms with Crippen LogP contribution >= 0.6 is 0 Å². The van der Waals surface area contributed by atoms with Gasteiger partial charge in [-0.2, -0.15) is 9.97 Å². The highest BCUT2D eigenvalue weighted by molar-refractivity contribution is 5.52. The standard InChI is InChI=1S/C14H25N5/c1-3-7-16-12-9-13(18-14(15)17-12)19-8-5-6-11(4-2)10-19/h9,11H,3-8,10H2,1-2H3,(H3,15,16,17,18). The fourth-order valence-electron chi connectivity index (χ4n) is 2.56. The number of piperidine rings is 1.